The van der Waals surface area contributed by atoms with Crippen LogP contribution in [-0.2, 0) is 19.1 Å². The Kier molecular flexibility index (Phi) is 6.69. The highest BCUT2D eigenvalue weighted by atomic mass is 35.5. The van der Waals surface area contributed by atoms with Crippen molar-refractivity contribution in [1.29, 1.82) is 0 Å². The molecule has 0 aliphatic carbocycles. The van der Waals surface area contributed by atoms with Gasteiger partial charge in [-0.2, -0.15) is 0 Å². The van der Waals surface area contributed by atoms with Gasteiger partial charge in [-0.05, 0) is 19.1 Å². The van der Waals surface area contributed by atoms with Crippen molar-refractivity contribution < 1.29 is 28.7 Å². The second-order valence-corrected chi connectivity index (χ2v) is 8.45. The zero-order valence-electron chi connectivity index (χ0n) is 17.6. The van der Waals surface area contributed by atoms with Crippen molar-refractivity contribution in [3.8, 4) is 0 Å². The van der Waals surface area contributed by atoms with E-state index >= 15 is 0 Å². The molecule has 0 N–H and O–H groups in total. The summed E-state index contributed by atoms with van der Waals surface area (Å²) < 4.78 is 10.9. The zero-order chi connectivity index (χ0) is 23.7. The molecule has 2 aliphatic rings. The first-order valence-corrected chi connectivity index (χ1v) is 11.0. The second kappa shape index (κ2) is 9.51. The summed E-state index contributed by atoms with van der Waals surface area (Å²) in [5.41, 5.74) is 0.589. The number of carbonyl (C=O) groups excluding carboxylic acids is 4. The summed E-state index contributed by atoms with van der Waals surface area (Å²) in [4.78, 5) is 54.3. The second-order valence-electron chi connectivity index (χ2n) is 7.63. The minimum Gasteiger partial charge on any atom is -0.446 e. The summed E-state index contributed by atoms with van der Waals surface area (Å²) in [5.74, 6) is -2.66. The zero-order valence-corrected chi connectivity index (χ0v) is 19.1. The molecule has 2 aromatic rings. The number of rotatable bonds is 5. The maximum Gasteiger partial charge on any atom is 0.330 e. The minimum absolute atomic E-state index is 0.0538. The number of fused-ring (bicyclic) bond motifs is 1. The lowest BCUT2D eigenvalue weighted by molar-refractivity contribution is -0.165. The molecule has 2 heterocycles. The van der Waals surface area contributed by atoms with Gasteiger partial charge in [0.15, 0.2) is 0 Å². The van der Waals surface area contributed by atoms with Gasteiger partial charge in [0.2, 0.25) is 6.10 Å². The Morgan fingerprint density at radius 2 is 1.52 bits per heavy atom. The van der Waals surface area contributed by atoms with Gasteiger partial charge in [0, 0.05) is 18.7 Å². The van der Waals surface area contributed by atoms with Crippen molar-refractivity contribution in [3.05, 3.63) is 69.2 Å². The van der Waals surface area contributed by atoms with Crippen LogP contribution in [0.1, 0.15) is 39.3 Å². The van der Waals surface area contributed by atoms with E-state index in [2.05, 4.69) is 0 Å². The summed E-state index contributed by atoms with van der Waals surface area (Å²) in [6, 6.07) is 9.89. The van der Waals surface area contributed by atoms with Crippen LogP contribution in [-0.4, -0.2) is 65.8 Å². The number of ether oxygens (including phenoxy) is 2. The fourth-order valence-electron chi connectivity index (χ4n) is 3.76. The third-order valence-corrected chi connectivity index (χ3v) is 6.29. The van der Waals surface area contributed by atoms with Crippen LogP contribution in [0.25, 0.3) is 0 Å². The summed E-state index contributed by atoms with van der Waals surface area (Å²) in [6.45, 7) is 2.88. The molecule has 0 aromatic heterocycles. The summed E-state index contributed by atoms with van der Waals surface area (Å²) in [5, 5.41) is 0.239. The number of esters is 1. The first-order valence-electron chi connectivity index (χ1n) is 10.3. The summed E-state index contributed by atoms with van der Waals surface area (Å²) in [7, 11) is 0. The fourth-order valence-corrected chi connectivity index (χ4v) is 4.09. The molecule has 2 atom stereocenters. The Bertz CT molecular complexity index is 1080. The maximum atomic E-state index is 13.2. The van der Waals surface area contributed by atoms with Crippen molar-refractivity contribution in [2.75, 3.05) is 26.3 Å². The van der Waals surface area contributed by atoms with Crippen molar-refractivity contribution in [2.24, 2.45) is 0 Å². The van der Waals surface area contributed by atoms with Gasteiger partial charge in [0.1, 0.15) is 6.04 Å². The van der Waals surface area contributed by atoms with E-state index in [1.165, 1.54) is 19.1 Å². The van der Waals surface area contributed by atoms with Crippen LogP contribution < -0.4 is 0 Å². The predicted octanol–water partition coefficient (Wildman–Crippen LogP) is 3.12. The molecule has 1 fully saturated rings. The van der Waals surface area contributed by atoms with Crippen LogP contribution in [0.5, 0.6) is 0 Å². The van der Waals surface area contributed by atoms with Gasteiger partial charge in [-0.1, -0.05) is 53.5 Å². The van der Waals surface area contributed by atoms with Gasteiger partial charge < -0.3 is 14.4 Å². The molecule has 0 spiro atoms. The number of amides is 3. The highest BCUT2D eigenvalue weighted by Gasteiger charge is 2.43. The number of imide groups is 1. The number of halogens is 2. The smallest absolute Gasteiger partial charge is 0.330 e. The SMILES string of the molecule is C[C@@H](C(=O)O[C@H](C(=O)N1CCOCC1)c1ccccc1)N1C(=O)c2cc(Cl)c(Cl)cc2C1=O. The lowest BCUT2D eigenvalue weighted by Crippen LogP contribution is -2.47. The molecule has 3 amide bonds. The van der Waals surface area contributed by atoms with Crippen LogP contribution in [0, 0.1) is 0 Å². The average molecular weight is 491 g/mol. The third kappa shape index (κ3) is 4.46. The van der Waals surface area contributed by atoms with Crippen LogP contribution >= 0.6 is 23.2 Å². The van der Waals surface area contributed by atoms with Gasteiger partial charge >= 0.3 is 5.97 Å². The molecule has 2 aromatic carbocycles. The largest absolute Gasteiger partial charge is 0.446 e. The van der Waals surface area contributed by atoms with Crippen LogP contribution in [0.4, 0.5) is 0 Å². The molecule has 4 rings (SSSR count). The van der Waals surface area contributed by atoms with E-state index in [0.717, 1.165) is 4.90 Å². The quantitative estimate of drug-likeness (QED) is 0.472. The van der Waals surface area contributed by atoms with Crippen molar-refractivity contribution in [2.45, 2.75) is 19.1 Å². The minimum atomic E-state index is -1.28. The van der Waals surface area contributed by atoms with Gasteiger partial charge in [-0.15, -0.1) is 0 Å². The highest BCUT2D eigenvalue weighted by molar-refractivity contribution is 6.43. The Hall–Kier alpha value is -2.94. The molecule has 0 saturated carbocycles. The summed E-state index contributed by atoms with van der Waals surface area (Å²) in [6.07, 6.45) is -1.22. The molecule has 172 valence electrons. The topological polar surface area (TPSA) is 93.2 Å². The van der Waals surface area contributed by atoms with Crippen LogP contribution in [0.3, 0.4) is 0 Å². The molecule has 0 unspecified atom stereocenters. The number of hydrogen-bond donors (Lipinski definition) is 0. The highest BCUT2D eigenvalue weighted by Crippen LogP contribution is 2.33. The molecule has 8 nitrogen and oxygen atoms in total. The number of nitrogens with zero attached hydrogens (tertiary/aromatic N) is 2. The molecule has 1 saturated heterocycles. The van der Waals surface area contributed by atoms with Gasteiger partial charge in [0.05, 0.1) is 34.4 Å². The number of hydrogen-bond acceptors (Lipinski definition) is 6. The standard InChI is InChI=1S/C23H20Cl2N2O6/c1-13(27-20(28)15-11-17(24)18(25)12-16(15)21(27)29)23(31)33-19(14-5-3-2-4-6-14)22(30)26-7-9-32-10-8-26/h2-6,11-13,19H,7-10H2,1H3/t13-,19-/m0/s1. The molecule has 10 heteroatoms. The number of benzene rings is 2. The van der Waals surface area contributed by atoms with E-state index in [1.807, 2.05) is 0 Å². The van der Waals surface area contributed by atoms with E-state index in [4.69, 9.17) is 32.7 Å². The van der Waals surface area contributed by atoms with Gasteiger partial charge in [0.25, 0.3) is 17.7 Å². The Balaban J connectivity index is 1.57. The van der Waals surface area contributed by atoms with E-state index < -0.39 is 35.8 Å². The van der Waals surface area contributed by atoms with Gasteiger partial charge in [-0.25, -0.2) is 4.79 Å². The third-order valence-electron chi connectivity index (χ3n) is 5.57. The van der Waals surface area contributed by atoms with E-state index in [1.54, 1.807) is 35.2 Å². The lowest BCUT2D eigenvalue weighted by atomic mass is 10.1. The van der Waals surface area contributed by atoms with Crippen LogP contribution in [0.2, 0.25) is 10.0 Å². The van der Waals surface area contributed by atoms with Crippen LogP contribution in [0.15, 0.2) is 42.5 Å². The molecular weight excluding hydrogens is 471 g/mol. The molecule has 0 bridgehead atoms. The molecule has 2 aliphatic heterocycles. The number of morpholine rings is 1. The monoisotopic (exact) mass is 490 g/mol. The Labute approximate surface area is 199 Å². The Morgan fingerprint density at radius 3 is 2.06 bits per heavy atom. The van der Waals surface area contributed by atoms with Gasteiger partial charge in [-0.3, -0.25) is 19.3 Å². The van der Waals surface area contributed by atoms with Crippen molar-refractivity contribution in [1.82, 2.24) is 9.80 Å². The summed E-state index contributed by atoms with van der Waals surface area (Å²) >= 11 is 12.0. The lowest BCUT2D eigenvalue weighted by Gasteiger charge is -2.31. The normalized spacial score (nSPS) is 17.5. The molecule has 33 heavy (non-hydrogen) atoms. The number of carbonyl (C=O) groups is 4. The van der Waals surface area contributed by atoms with Crippen molar-refractivity contribution in [3.63, 3.8) is 0 Å². The van der Waals surface area contributed by atoms with E-state index in [-0.39, 0.29) is 21.2 Å². The Morgan fingerprint density at radius 1 is 0.970 bits per heavy atom. The maximum absolute atomic E-state index is 13.2. The van der Waals surface area contributed by atoms with E-state index in [9.17, 15) is 19.2 Å². The molecule has 0 radical (unpaired) electrons. The fraction of sp³-hybridized carbons (Fsp3) is 0.304. The average Bonchev–Trinajstić information content (AvgIpc) is 3.06. The van der Waals surface area contributed by atoms with Crippen molar-refractivity contribution >= 4 is 46.9 Å². The predicted molar refractivity (Wildman–Crippen MR) is 119 cm³/mol. The van der Waals surface area contributed by atoms with E-state index in [0.29, 0.717) is 31.9 Å². The first-order chi connectivity index (χ1) is 15.8. The molecular formula is C23H20Cl2N2O6. The first kappa shape index (κ1) is 23.2.